The van der Waals surface area contributed by atoms with E-state index in [1.165, 1.54) is 6.07 Å². The third kappa shape index (κ3) is 2.50. The molecule has 0 bridgehead atoms. The summed E-state index contributed by atoms with van der Waals surface area (Å²) >= 11 is 0. The summed E-state index contributed by atoms with van der Waals surface area (Å²) < 4.78 is 0. The van der Waals surface area contributed by atoms with E-state index >= 15 is 0 Å². The maximum absolute atomic E-state index is 10.5. The lowest BCUT2D eigenvalue weighted by molar-refractivity contribution is -0.138. The van der Waals surface area contributed by atoms with Gasteiger partial charge < -0.3 is 26.8 Å². The molecule has 82 valence electrons. The molecule has 0 fully saturated rings. The van der Waals surface area contributed by atoms with Crippen molar-refractivity contribution in [3.05, 3.63) is 17.7 Å². The highest BCUT2D eigenvalue weighted by molar-refractivity contribution is 5.74. The first kappa shape index (κ1) is 11.1. The van der Waals surface area contributed by atoms with Gasteiger partial charge in [0, 0.05) is 12.5 Å². The van der Waals surface area contributed by atoms with E-state index in [1.54, 1.807) is 0 Å². The first-order valence-electron chi connectivity index (χ1n) is 4.20. The zero-order valence-electron chi connectivity index (χ0n) is 7.84. The molecular formula is C9H12N2O4. The van der Waals surface area contributed by atoms with E-state index in [0.29, 0.717) is 5.56 Å². The van der Waals surface area contributed by atoms with Gasteiger partial charge in [-0.25, -0.2) is 0 Å². The molecule has 0 amide bonds. The number of aromatic hydroxyl groups is 2. The first-order chi connectivity index (χ1) is 6.91. The van der Waals surface area contributed by atoms with Crippen LogP contribution in [0.1, 0.15) is 5.56 Å². The van der Waals surface area contributed by atoms with Crippen LogP contribution < -0.4 is 11.5 Å². The fourth-order valence-electron chi connectivity index (χ4n) is 1.13. The van der Waals surface area contributed by atoms with Crippen molar-refractivity contribution in [1.29, 1.82) is 0 Å². The van der Waals surface area contributed by atoms with Crippen LogP contribution in [0.25, 0.3) is 0 Å². The van der Waals surface area contributed by atoms with E-state index in [-0.39, 0.29) is 23.6 Å². The molecule has 0 aromatic heterocycles. The minimum Gasteiger partial charge on any atom is -0.508 e. The zero-order valence-corrected chi connectivity index (χ0v) is 7.84. The van der Waals surface area contributed by atoms with Crippen molar-refractivity contribution in [1.82, 2.24) is 0 Å². The number of carboxylic acids is 1. The van der Waals surface area contributed by atoms with E-state index in [1.807, 2.05) is 0 Å². The number of phenols is 2. The lowest BCUT2D eigenvalue weighted by atomic mass is 10.0. The van der Waals surface area contributed by atoms with Crippen LogP contribution in [0.3, 0.4) is 0 Å². The Morgan fingerprint density at radius 3 is 2.47 bits per heavy atom. The molecule has 6 nitrogen and oxygen atoms in total. The van der Waals surface area contributed by atoms with Crippen LogP contribution in [-0.2, 0) is 11.2 Å². The number of nitrogens with two attached hydrogens (primary N) is 2. The second kappa shape index (κ2) is 4.05. The van der Waals surface area contributed by atoms with Gasteiger partial charge in [0.15, 0.2) is 0 Å². The van der Waals surface area contributed by atoms with Crippen LogP contribution >= 0.6 is 0 Å². The van der Waals surface area contributed by atoms with Crippen molar-refractivity contribution in [3.63, 3.8) is 0 Å². The van der Waals surface area contributed by atoms with Gasteiger partial charge in [0.1, 0.15) is 17.5 Å². The molecule has 1 atom stereocenters. The van der Waals surface area contributed by atoms with Crippen molar-refractivity contribution in [2.75, 3.05) is 5.73 Å². The molecule has 7 N–H and O–H groups in total. The maximum Gasteiger partial charge on any atom is 0.320 e. The zero-order chi connectivity index (χ0) is 11.6. The van der Waals surface area contributed by atoms with Gasteiger partial charge in [0.25, 0.3) is 0 Å². The van der Waals surface area contributed by atoms with E-state index in [4.69, 9.17) is 21.7 Å². The summed E-state index contributed by atoms with van der Waals surface area (Å²) in [5, 5.41) is 27.1. The maximum atomic E-state index is 10.5. The fraction of sp³-hybridized carbons (Fsp3) is 0.222. The van der Waals surface area contributed by atoms with Crippen LogP contribution in [0, 0.1) is 0 Å². The van der Waals surface area contributed by atoms with Crippen LogP contribution in [0.15, 0.2) is 12.1 Å². The van der Waals surface area contributed by atoms with Crippen LogP contribution in [0.4, 0.5) is 5.69 Å². The molecule has 0 saturated heterocycles. The molecule has 1 rings (SSSR count). The quantitative estimate of drug-likeness (QED) is 0.264. The van der Waals surface area contributed by atoms with Gasteiger partial charge in [-0.3, -0.25) is 4.79 Å². The number of benzene rings is 1. The normalized spacial score (nSPS) is 12.3. The number of hydrogen-bond acceptors (Lipinski definition) is 5. The average molecular weight is 212 g/mol. The number of carboxylic acid groups (broad SMARTS) is 1. The molecule has 0 aliphatic heterocycles. The van der Waals surface area contributed by atoms with Crippen molar-refractivity contribution >= 4 is 11.7 Å². The Bertz CT molecular complexity index is 392. The van der Waals surface area contributed by atoms with Gasteiger partial charge in [-0.1, -0.05) is 0 Å². The minimum atomic E-state index is -1.17. The number of rotatable bonds is 3. The topological polar surface area (TPSA) is 130 Å². The SMILES string of the molecule is Nc1cc(C[C@H](N)C(=O)O)c(O)cc1O. The summed E-state index contributed by atoms with van der Waals surface area (Å²) in [5.74, 6) is -1.64. The number of phenolic OH excluding ortho intramolecular Hbond substituents is 2. The summed E-state index contributed by atoms with van der Waals surface area (Å²) in [7, 11) is 0. The minimum absolute atomic E-state index is 0.0500. The monoisotopic (exact) mass is 212 g/mol. The third-order valence-corrected chi connectivity index (χ3v) is 1.98. The molecular weight excluding hydrogens is 200 g/mol. The molecule has 0 spiro atoms. The molecule has 0 radical (unpaired) electrons. The molecule has 1 aromatic rings. The third-order valence-electron chi connectivity index (χ3n) is 1.98. The van der Waals surface area contributed by atoms with Crippen molar-refractivity contribution < 1.29 is 20.1 Å². The van der Waals surface area contributed by atoms with E-state index < -0.39 is 12.0 Å². The summed E-state index contributed by atoms with van der Waals surface area (Å²) in [5.41, 5.74) is 11.0. The smallest absolute Gasteiger partial charge is 0.320 e. The lowest BCUT2D eigenvalue weighted by Crippen LogP contribution is -2.32. The molecule has 0 aliphatic carbocycles. The van der Waals surface area contributed by atoms with Crippen molar-refractivity contribution in [3.8, 4) is 11.5 Å². The highest BCUT2D eigenvalue weighted by Gasteiger charge is 2.15. The molecule has 0 unspecified atom stereocenters. The van der Waals surface area contributed by atoms with Crippen LogP contribution in [0.5, 0.6) is 11.5 Å². The van der Waals surface area contributed by atoms with Crippen LogP contribution in [0.2, 0.25) is 0 Å². The number of carbonyl (C=O) groups is 1. The fourth-order valence-corrected chi connectivity index (χ4v) is 1.13. The predicted octanol–water partition coefficient (Wildman–Crippen LogP) is -0.366. The first-order valence-corrected chi connectivity index (χ1v) is 4.20. The van der Waals surface area contributed by atoms with E-state index in [2.05, 4.69) is 0 Å². The Morgan fingerprint density at radius 2 is 1.93 bits per heavy atom. The van der Waals surface area contributed by atoms with Crippen molar-refractivity contribution in [2.45, 2.75) is 12.5 Å². The van der Waals surface area contributed by atoms with Gasteiger partial charge in [0.2, 0.25) is 0 Å². The Morgan fingerprint density at radius 1 is 1.33 bits per heavy atom. The highest BCUT2D eigenvalue weighted by atomic mass is 16.4. The highest BCUT2D eigenvalue weighted by Crippen LogP contribution is 2.29. The molecule has 0 heterocycles. The van der Waals surface area contributed by atoms with E-state index in [0.717, 1.165) is 6.07 Å². The molecule has 0 saturated carbocycles. The summed E-state index contributed by atoms with van der Waals surface area (Å²) in [6.45, 7) is 0. The Labute approximate surface area is 85.8 Å². The number of anilines is 1. The second-order valence-corrected chi connectivity index (χ2v) is 3.19. The number of nitrogen functional groups attached to an aromatic ring is 1. The van der Waals surface area contributed by atoms with Crippen molar-refractivity contribution in [2.24, 2.45) is 5.73 Å². The lowest BCUT2D eigenvalue weighted by Gasteiger charge is -2.10. The van der Waals surface area contributed by atoms with Gasteiger partial charge in [-0.15, -0.1) is 0 Å². The Kier molecular flexibility index (Phi) is 3.01. The van der Waals surface area contributed by atoms with Crippen LogP contribution in [-0.4, -0.2) is 27.3 Å². The second-order valence-electron chi connectivity index (χ2n) is 3.19. The Balaban J connectivity index is 2.95. The molecule has 6 heteroatoms. The largest absolute Gasteiger partial charge is 0.508 e. The van der Waals surface area contributed by atoms with Gasteiger partial charge in [0.05, 0.1) is 5.69 Å². The predicted molar refractivity (Wildman–Crippen MR) is 53.5 cm³/mol. The number of aliphatic carboxylic acids is 1. The molecule has 15 heavy (non-hydrogen) atoms. The van der Waals surface area contributed by atoms with E-state index in [9.17, 15) is 9.90 Å². The van der Waals surface area contributed by atoms with Gasteiger partial charge >= 0.3 is 5.97 Å². The van der Waals surface area contributed by atoms with Gasteiger partial charge in [-0.05, 0) is 11.6 Å². The van der Waals surface area contributed by atoms with Gasteiger partial charge in [-0.2, -0.15) is 0 Å². The average Bonchev–Trinajstić information content (AvgIpc) is 2.13. The number of hydrogen-bond donors (Lipinski definition) is 5. The summed E-state index contributed by atoms with van der Waals surface area (Å²) in [6.07, 6.45) is -0.0500. The Hall–Kier alpha value is -1.95. The molecule has 0 aliphatic rings. The molecule has 1 aromatic carbocycles. The summed E-state index contributed by atoms with van der Waals surface area (Å²) in [6, 6.07) is 1.24. The standard InChI is InChI=1S/C9H12N2O4/c10-5-1-4(2-6(11)9(14)15)7(12)3-8(5)13/h1,3,6,12-13H,2,10-11H2,(H,14,15)/t6-/m0/s1. The summed E-state index contributed by atoms with van der Waals surface area (Å²) in [4.78, 5) is 10.5.